The highest BCUT2D eigenvalue weighted by Gasteiger charge is 2.10. The average molecular weight is 337 g/mol. The summed E-state index contributed by atoms with van der Waals surface area (Å²) in [5.41, 5.74) is 0.994. The third-order valence-electron chi connectivity index (χ3n) is 2.89. The zero-order valence-electron chi connectivity index (χ0n) is 11.3. The van der Waals surface area contributed by atoms with Gasteiger partial charge in [0.2, 0.25) is 0 Å². The monoisotopic (exact) mass is 336 g/mol. The maximum Gasteiger partial charge on any atom is 0.119 e. The number of para-hydroxylation sites is 1. The highest BCUT2D eigenvalue weighted by Crippen LogP contribution is 2.23. The van der Waals surface area contributed by atoms with Gasteiger partial charge in [-0.2, -0.15) is 0 Å². The molecule has 0 spiro atoms. The van der Waals surface area contributed by atoms with Gasteiger partial charge < -0.3 is 14.6 Å². The fourth-order valence-electron chi connectivity index (χ4n) is 1.86. The zero-order chi connectivity index (χ0) is 14.4. The Hall–Kier alpha value is -1.52. The molecule has 1 unspecified atom stereocenters. The van der Waals surface area contributed by atoms with Gasteiger partial charge in [0.25, 0.3) is 0 Å². The lowest BCUT2D eigenvalue weighted by Gasteiger charge is -2.14. The largest absolute Gasteiger partial charge is 0.497 e. The molecule has 0 aliphatic rings. The Morgan fingerprint density at radius 3 is 2.55 bits per heavy atom. The van der Waals surface area contributed by atoms with Crippen molar-refractivity contribution in [2.45, 2.75) is 12.5 Å². The smallest absolute Gasteiger partial charge is 0.119 e. The lowest BCUT2D eigenvalue weighted by Crippen LogP contribution is -2.20. The van der Waals surface area contributed by atoms with Crippen molar-refractivity contribution in [2.24, 2.45) is 0 Å². The van der Waals surface area contributed by atoms with Gasteiger partial charge in [-0.25, -0.2) is 0 Å². The van der Waals surface area contributed by atoms with E-state index in [0.717, 1.165) is 21.5 Å². The van der Waals surface area contributed by atoms with Crippen molar-refractivity contribution >= 4 is 15.9 Å². The molecule has 0 radical (unpaired) electrons. The first-order valence-electron chi connectivity index (χ1n) is 6.37. The van der Waals surface area contributed by atoms with Crippen molar-refractivity contribution in [1.82, 2.24) is 0 Å². The van der Waals surface area contributed by atoms with Gasteiger partial charge in [0.15, 0.2) is 0 Å². The number of rotatable bonds is 6. The highest BCUT2D eigenvalue weighted by molar-refractivity contribution is 9.10. The molecule has 106 valence electrons. The SMILES string of the molecule is COc1ccc(Br)c(CC(O)COc2ccccc2)c1. The van der Waals surface area contributed by atoms with Crippen LogP contribution in [0.4, 0.5) is 0 Å². The number of hydrogen-bond acceptors (Lipinski definition) is 3. The molecule has 1 N–H and O–H groups in total. The van der Waals surface area contributed by atoms with Crippen molar-refractivity contribution in [2.75, 3.05) is 13.7 Å². The Balaban J connectivity index is 1.92. The summed E-state index contributed by atoms with van der Waals surface area (Å²) in [5, 5.41) is 10.1. The quantitative estimate of drug-likeness (QED) is 0.878. The van der Waals surface area contributed by atoms with Crippen LogP contribution < -0.4 is 9.47 Å². The van der Waals surface area contributed by atoms with Crippen LogP contribution in [0, 0.1) is 0 Å². The lowest BCUT2D eigenvalue weighted by atomic mass is 10.1. The van der Waals surface area contributed by atoms with E-state index in [2.05, 4.69) is 15.9 Å². The fraction of sp³-hybridized carbons (Fsp3) is 0.250. The second-order valence-electron chi connectivity index (χ2n) is 4.44. The number of methoxy groups -OCH3 is 1. The molecule has 0 fully saturated rings. The van der Waals surface area contributed by atoms with E-state index in [1.807, 2.05) is 48.5 Å². The third kappa shape index (κ3) is 4.25. The molecule has 0 bridgehead atoms. The number of ether oxygens (including phenoxy) is 2. The third-order valence-corrected chi connectivity index (χ3v) is 3.67. The van der Waals surface area contributed by atoms with Gasteiger partial charge in [-0.05, 0) is 35.9 Å². The first kappa shape index (κ1) is 14.9. The van der Waals surface area contributed by atoms with Crippen LogP contribution in [0.15, 0.2) is 53.0 Å². The number of halogens is 1. The minimum absolute atomic E-state index is 0.258. The van der Waals surface area contributed by atoms with Gasteiger partial charge >= 0.3 is 0 Å². The van der Waals surface area contributed by atoms with Crippen LogP contribution in [0.25, 0.3) is 0 Å². The zero-order valence-corrected chi connectivity index (χ0v) is 12.8. The van der Waals surface area contributed by atoms with E-state index in [0.29, 0.717) is 6.42 Å². The van der Waals surface area contributed by atoms with Crippen LogP contribution in [0.2, 0.25) is 0 Å². The second-order valence-corrected chi connectivity index (χ2v) is 5.29. The predicted octanol–water partition coefficient (Wildman–Crippen LogP) is 3.44. The molecule has 4 heteroatoms. The maximum absolute atomic E-state index is 10.1. The van der Waals surface area contributed by atoms with Gasteiger partial charge in [0, 0.05) is 10.9 Å². The average Bonchev–Trinajstić information content (AvgIpc) is 2.48. The van der Waals surface area contributed by atoms with Crippen LogP contribution in [-0.4, -0.2) is 24.9 Å². The van der Waals surface area contributed by atoms with Crippen molar-refractivity contribution in [3.63, 3.8) is 0 Å². The Morgan fingerprint density at radius 2 is 1.85 bits per heavy atom. The van der Waals surface area contributed by atoms with E-state index in [1.54, 1.807) is 7.11 Å². The predicted molar refractivity (Wildman–Crippen MR) is 82.3 cm³/mol. The van der Waals surface area contributed by atoms with Gasteiger partial charge in [0.1, 0.15) is 18.1 Å². The molecule has 0 saturated heterocycles. The standard InChI is InChI=1S/C16H17BrO3/c1-19-15-7-8-16(17)12(10-15)9-13(18)11-20-14-5-3-2-4-6-14/h2-8,10,13,18H,9,11H2,1H3. The summed E-state index contributed by atoms with van der Waals surface area (Å²) in [7, 11) is 1.63. The summed E-state index contributed by atoms with van der Waals surface area (Å²) >= 11 is 3.48. The summed E-state index contributed by atoms with van der Waals surface area (Å²) in [4.78, 5) is 0. The van der Waals surface area contributed by atoms with Crippen molar-refractivity contribution in [3.05, 3.63) is 58.6 Å². The van der Waals surface area contributed by atoms with E-state index in [1.165, 1.54) is 0 Å². The first-order valence-corrected chi connectivity index (χ1v) is 7.16. The summed E-state index contributed by atoms with van der Waals surface area (Å²) < 4.78 is 11.7. The van der Waals surface area contributed by atoms with E-state index >= 15 is 0 Å². The molecule has 20 heavy (non-hydrogen) atoms. The van der Waals surface area contributed by atoms with Gasteiger partial charge in [-0.3, -0.25) is 0 Å². The van der Waals surface area contributed by atoms with Crippen molar-refractivity contribution in [1.29, 1.82) is 0 Å². The minimum Gasteiger partial charge on any atom is -0.497 e. The Kier molecular flexibility index (Phi) is 5.44. The van der Waals surface area contributed by atoms with Gasteiger partial charge in [-0.15, -0.1) is 0 Å². The number of aliphatic hydroxyl groups excluding tert-OH is 1. The van der Waals surface area contributed by atoms with E-state index in [9.17, 15) is 5.11 Å². The lowest BCUT2D eigenvalue weighted by molar-refractivity contribution is 0.107. The molecular formula is C16H17BrO3. The van der Waals surface area contributed by atoms with Crippen LogP contribution >= 0.6 is 15.9 Å². The fourth-order valence-corrected chi connectivity index (χ4v) is 2.26. The molecule has 2 rings (SSSR count). The molecule has 0 aliphatic carbocycles. The molecule has 1 atom stereocenters. The summed E-state index contributed by atoms with van der Waals surface area (Å²) in [6.07, 6.45) is -0.0661. The summed E-state index contributed by atoms with van der Waals surface area (Å²) in [5.74, 6) is 1.54. The summed E-state index contributed by atoms with van der Waals surface area (Å²) in [6.45, 7) is 0.258. The van der Waals surface area contributed by atoms with Crippen molar-refractivity contribution < 1.29 is 14.6 Å². The van der Waals surface area contributed by atoms with Gasteiger partial charge in [0.05, 0.1) is 13.2 Å². The van der Waals surface area contributed by atoms with Crippen LogP contribution in [-0.2, 0) is 6.42 Å². The maximum atomic E-state index is 10.1. The Morgan fingerprint density at radius 1 is 1.10 bits per heavy atom. The highest BCUT2D eigenvalue weighted by atomic mass is 79.9. The number of benzene rings is 2. The van der Waals surface area contributed by atoms with Crippen molar-refractivity contribution in [3.8, 4) is 11.5 Å². The molecule has 3 nitrogen and oxygen atoms in total. The number of aliphatic hydroxyl groups is 1. The Labute approximate surface area is 127 Å². The molecule has 0 saturated carbocycles. The normalized spacial score (nSPS) is 11.9. The molecule has 0 aromatic heterocycles. The second kappa shape index (κ2) is 7.31. The van der Waals surface area contributed by atoms with Crippen LogP contribution in [0.1, 0.15) is 5.56 Å². The van der Waals surface area contributed by atoms with Gasteiger partial charge in [-0.1, -0.05) is 34.1 Å². The topological polar surface area (TPSA) is 38.7 Å². The molecule has 2 aromatic carbocycles. The molecule has 0 heterocycles. The van der Waals surface area contributed by atoms with Crippen LogP contribution in [0.3, 0.4) is 0 Å². The van der Waals surface area contributed by atoms with Crippen LogP contribution in [0.5, 0.6) is 11.5 Å². The molecule has 0 amide bonds. The summed E-state index contributed by atoms with van der Waals surface area (Å²) in [6, 6.07) is 15.2. The Bertz CT molecular complexity index is 543. The molecule has 2 aromatic rings. The van der Waals surface area contributed by atoms with E-state index in [-0.39, 0.29) is 6.61 Å². The molecule has 0 aliphatic heterocycles. The first-order chi connectivity index (χ1) is 9.69. The minimum atomic E-state index is -0.571. The number of hydrogen-bond donors (Lipinski definition) is 1. The molecular weight excluding hydrogens is 320 g/mol. The van der Waals surface area contributed by atoms with E-state index < -0.39 is 6.10 Å². The van der Waals surface area contributed by atoms with E-state index in [4.69, 9.17) is 9.47 Å².